The second kappa shape index (κ2) is 5.51. The van der Waals surface area contributed by atoms with Crippen LogP contribution in [0, 0.1) is 5.41 Å². The van der Waals surface area contributed by atoms with E-state index in [0.29, 0.717) is 22.0 Å². The summed E-state index contributed by atoms with van der Waals surface area (Å²) in [7, 11) is 0. The van der Waals surface area contributed by atoms with Gasteiger partial charge in [0.15, 0.2) is 0 Å². The van der Waals surface area contributed by atoms with E-state index in [1.54, 1.807) is 12.1 Å². The fourth-order valence-electron chi connectivity index (χ4n) is 2.71. The molecule has 1 aromatic carbocycles. The third kappa shape index (κ3) is 3.71. The fraction of sp³-hybridized carbons (Fsp3) is 0.533. The zero-order valence-corrected chi connectivity index (χ0v) is 12.3. The van der Waals surface area contributed by atoms with Gasteiger partial charge in [-0.25, -0.2) is 0 Å². The first-order chi connectivity index (χ1) is 8.87. The molecule has 3 N–H and O–H groups in total. The van der Waals surface area contributed by atoms with E-state index < -0.39 is 5.91 Å². The van der Waals surface area contributed by atoms with Gasteiger partial charge in [-0.15, -0.1) is 0 Å². The summed E-state index contributed by atoms with van der Waals surface area (Å²) in [5, 5.41) is 4.14. The number of hydrogen-bond acceptors (Lipinski definition) is 2. The Bertz CT molecular complexity index is 485. The fourth-order valence-corrected chi connectivity index (χ4v) is 2.96. The Morgan fingerprint density at radius 1 is 1.53 bits per heavy atom. The normalized spacial score (nSPS) is 21.5. The van der Waals surface area contributed by atoms with E-state index in [0.717, 1.165) is 12.1 Å². The molecule has 104 valence electrons. The van der Waals surface area contributed by atoms with Crippen LogP contribution in [0.25, 0.3) is 0 Å². The number of rotatable bonds is 4. The van der Waals surface area contributed by atoms with Gasteiger partial charge in [-0.2, -0.15) is 0 Å². The minimum absolute atomic E-state index is 0.442. The highest BCUT2D eigenvalue weighted by atomic mass is 35.5. The topological polar surface area (TPSA) is 55.1 Å². The first kappa shape index (κ1) is 14.4. The molecule has 0 saturated heterocycles. The highest BCUT2D eigenvalue weighted by Gasteiger charge is 2.30. The largest absolute Gasteiger partial charge is 0.366 e. The summed E-state index contributed by atoms with van der Waals surface area (Å²) in [4.78, 5) is 11.1. The van der Waals surface area contributed by atoms with E-state index in [9.17, 15) is 4.79 Å². The molecule has 2 rings (SSSR count). The third-order valence-corrected chi connectivity index (χ3v) is 4.24. The summed E-state index contributed by atoms with van der Waals surface area (Å²) < 4.78 is 0. The van der Waals surface area contributed by atoms with Crippen molar-refractivity contribution in [1.82, 2.24) is 5.32 Å². The molecule has 1 atom stereocenters. The van der Waals surface area contributed by atoms with Crippen molar-refractivity contribution in [2.75, 3.05) is 0 Å². The number of amides is 1. The zero-order chi connectivity index (χ0) is 14.0. The molecule has 1 aliphatic rings. The number of nitrogens with one attached hydrogen (secondary N) is 1. The average Bonchev–Trinajstić information content (AvgIpc) is 2.67. The van der Waals surface area contributed by atoms with Crippen LogP contribution < -0.4 is 11.1 Å². The molecule has 3 nitrogen and oxygen atoms in total. The summed E-state index contributed by atoms with van der Waals surface area (Å²) in [6.45, 7) is 5.35. The Morgan fingerprint density at radius 3 is 2.79 bits per heavy atom. The highest BCUT2D eigenvalue weighted by molar-refractivity contribution is 6.31. The van der Waals surface area contributed by atoms with Crippen LogP contribution in [-0.2, 0) is 6.54 Å². The maximum Gasteiger partial charge on any atom is 0.248 e. The quantitative estimate of drug-likeness (QED) is 0.890. The second-order valence-electron chi connectivity index (χ2n) is 6.16. The molecular weight excluding hydrogens is 260 g/mol. The number of benzene rings is 1. The summed E-state index contributed by atoms with van der Waals surface area (Å²) in [6, 6.07) is 5.79. The zero-order valence-electron chi connectivity index (χ0n) is 11.5. The molecule has 1 amide bonds. The molecule has 0 spiro atoms. The Morgan fingerprint density at radius 2 is 2.26 bits per heavy atom. The van der Waals surface area contributed by atoms with Crippen molar-refractivity contribution < 1.29 is 4.79 Å². The molecule has 0 aromatic heterocycles. The predicted octanol–water partition coefficient (Wildman–Crippen LogP) is 3.11. The van der Waals surface area contributed by atoms with Crippen molar-refractivity contribution in [2.45, 2.75) is 45.7 Å². The molecule has 0 aliphatic heterocycles. The number of carbonyl (C=O) groups is 1. The van der Waals surface area contributed by atoms with Gasteiger partial charge >= 0.3 is 0 Å². The molecule has 1 saturated carbocycles. The Balaban J connectivity index is 1.95. The van der Waals surface area contributed by atoms with Crippen LogP contribution in [0.3, 0.4) is 0 Å². The number of hydrogen-bond donors (Lipinski definition) is 2. The van der Waals surface area contributed by atoms with Crippen molar-refractivity contribution >= 4 is 17.5 Å². The molecule has 1 unspecified atom stereocenters. The smallest absolute Gasteiger partial charge is 0.248 e. The van der Waals surface area contributed by atoms with Gasteiger partial charge in [-0.3, -0.25) is 4.79 Å². The summed E-state index contributed by atoms with van der Waals surface area (Å²) in [5.74, 6) is -0.445. The molecule has 0 bridgehead atoms. The molecule has 1 aromatic rings. The van der Waals surface area contributed by atoms with Gasteiger partial charge in [0.2, 0.25) is 5.91 Å². The Labute approximate surface area is 119 Å². The molecule has 1 fully saturated rings. The van der Waals surface area contributed by atoms with Crippen LogP contribution in [0.2, 0.25) is 5.02 Å². The maximum absolute atomic E-state index is 11.1. The van der Waals surface area contributed by atoms with E-state index in [1.165, 1.54) is 19.3 Å². The van der Waals surface area contributed by atoms with E-state index in [2.05, 4.69) is 19.2 Å². The number of carbonyl (C=O) groups excluding carboxylic acids is 1. The molecule has 1 aliphatic carbocycles. The van der Waals surface area contributed by atoms with Crippen LogP contribution in [0.1, 0.15) is 49.0 Å². The Hall–Kier alpha value is -1.06. The van der Waals surface area contributed by atoms with Crippen LogP contribution in [0.15, 0.2) is 18.2 Å². The van der Waals surface area contributed by atoms with Crippen LogP contribution in [-0.4, -0.2) is 11.9 Å². The molecule has 0 radical (unpaired) electrons. The van der Waals surface area contributed by atoms with E-state index in [4.69, 9.17) is 17.3 Å². The second-order valence-corrected chi connectivity index (χ2v) is 6.56. The third-order valence-electron chi connectivity index (χ3n) is 3.89. The van der Waals surface area contributed by atoms with Gasteiger partial charge in [0.05, 0.1) is 0 Å². The standard InChI is InChI=1S/C15H21ClN2O/c1-15(2)6-5-12(8-15)18-9-11-4-3-10(14(17)19)7-13(11)16/h3-4,7,12,18H,5-6,8-9H2,1-2H3,(H2,17,19). The minimum atomic E-state index is -0.445. The van der Waals surface area contributed by atoms with Crippen LogP contribution >= 0.6 is 11.6 Å². The molecule has 19 heavy (non-hydrogen) atoms. The van der Waals surface area contributed by atoms with Gasteiger partial charge in [0, 0.05) is 23.2 Å². The van der Waals surface area contributed by atoms with Gasteiger partial charge in [-0.1, -0.05) is 31.5 Å². The number of primary amides is 1. The Kier molecular flexibility index (Phi) is 4.16. The first-order valence-corrected chi connectivity index (χ1v) is 7.07. The summed E-state index contributed by atoms with van der Waals surface area (Å²) >= 11 is 6.17. The molecular formula is C15H21ClN2O. The van der Waals surface area contributed by atoms with Gasteiger partial charge in [0.1, 0.15) is 0 Å². The minimum Gasteiger partial charge on any atom is -0.366 e. The van der Waals surface area contributed by atoms with Gasteiger partial charge in [0.25, 0.3) is 0 Å². The van der Waals surface area contributed by atoms with Crippen molar-refractivity contribution in [3.8, 4) is 0 Å². The lowest BCUT2D eigenvalue weighted by Gasteiger charge is -2.18. The highest BCUT2D eigenvalue weighted by Crippen LogP contribution is 2.37. The van der Waals surface area contributed by atoms with Crippen molar-refractivity contribution in [1.29, 1.82) is 0 Å². The van der Waals surface area contributed by atoms with Gasteiger partial charge in [-0.05, 0) is 42.4 Å². The summed E-state index contributed by atoms with van der Waals surface area (Å²) in [6.07, 6.45) is 3.67. The van der Waals surface area contributed by atoms with Crippen LogP contribution in [0.5, 0.6) is 0 Å². The maximum atomic E-state index is 11.1. The molecule has 0 heterocycles. The lowest BCUT2D eigenvalue weighted by molar-refractivity contribution is 0.100. The average molecular weight is 281 g/mol. The predicted molar refractivity (Wildman–Crippen MR) is 78.2 cm³/mol. The number of halogens is 1. The van der Waals surface area contributed by atoms with Crippen molar-refractivity contribution in [2.24, 2.45) is 11.1 Å². The monoisotopic (exact) mass is 280 g/mol. The van der Waals surface area contributed by atoms with Crippen molar-refractivity contribution in [3.63, 3.8) is 0 Å². The number of nitrogens with two attached hydrogens (primary N) is 1. The van der Waals surface area contributed by atoms with Gasteiger partial charge < -0.3 is 11.1 Å². The SMILES string of the molecule is CC1(C)CCC(NCc2ccc(C(N)=O)cc2Cl)C1. The van der Waals surface area contributed by atoms with Crippen molar-refractivity contribution in [3.05, 3.63) is 34.3 Å². The van der Waals surface area contributed by atoms with Crippen LogP contribution in [0.4, 0.5) is 0 Å². The van der Waals surface area contributed by atoms with E-state index in [-0.39, 0.29) is 0 Å². The lowest BCUT2D eigenvalue weighted by atomic mass is 9.92. The lowest BCUT2D eigenvalue weighted by Crippen LogP contribution is -2.27. The molecule has 4 heteroatoms. The van der Waals surface area contributed by atoms with E-state index >= 15 is 0 Å². The first-order valence-electron chi connectivity index (χ1n) is 6.69. The van der Waals surface area contributed by atoms with E-state index in [1.807, 2.05) is 6.07 Å². The summed E-state index contributed by atoms with van der Waals surface area (Å²) in [5.41, 5.74) is 7.13.